The first-order valence-corrected chi connectivity index (χ1v) is 6.05. The molecular formula is C11H11N3O3S. The third-order valence-electron chi connectivity index (χ3n) is 2.14. The van der Waals surface area contributed by atoms with Crippen LogP contribution in [-0.4, -0.2) is 28.6 Å². The van der Waals surface area contributed by atoms with Gasteiger partial charge in [-0.2, -0.15) is 0 Å². The minimum absolute atomic E-state index is 0.283. The van der Waals surface area contributed by atoms with Crippen LogP contribution in [0.1, 0.15) is 5.01 Å². The summed E-state index contributed by atoms with van der Waals surface area (Å²) in [5.74, 6) is -1.08. The van der Waals surface area contributed by atoms with E-state index in [1.165, 1.54) is 11.3 Å². The first-order chi connectivity index (χ1) is 8.65. The summed E-state index contributed by atoms with van der Waals surface area (Å²) in [6.07, 6.45) is 0. The summed E-state index contributed by atoms with van der Waals surface area (Å²) >= 11 is 1.49. The molecule has 2 amide bonds. The highest BCUT2D eigenvalue weighted by Gasteiger charge is 2.06. The molecule has 0 aliphatic carbocycles. The van der Waals surface area contributed by atoms with E-state index in [-0.39, 0.29) is 6.54 Å². The molecule has 0 bridgehead atoms. The van der Waals surface area contributed by atoms with Gasteiger partial charge in [0.2, 0.25) is 0 Å². The van der Waals surface area contributed by atoms with Gasteiger partial charge in [-0.05, 0) is 12.1 Å². The van der Waals surface area contributed by atoms with Crippen molar-refractivity contribution in [3.8, 4) is 0 Å². The molecule has 18 heavy (non-hydrogen) atoms. The molecule has 2 rings (SSSR count). The van der Waals surface area contributed by atoms with Crippen LogP contribution in [0.4, 0.5) is 4.79 Å². The van der Waals surface area contributed by atoms with E-state index in [4.69, 9.17) is 5.11 Å². The van der Waals surface area contributed by atoms with E-state index in [9.17, 15) is 9.59 Å². The van der Waals surface area contributed by atoms with E-state index in [1.54, 1.807) is 0 Å². The summed E-state index contributed by atoms with van der Waals surface area (Å²) in [4.78, 5) is 25.8. The van der Waals surface area contributed by atoms with E-state index >= 15 is 0 Å². The highest BCUT2D eigenvalue weighted by Crippen LogP contribution is 2.21. The molecule has 1 aromatic carbocycles. The normalized spacial score (nSPS) is 10.2. The van der Waals surface area contributed by atoms with E-state index in [0.29, 0.717) is 0 Å². The molecule has 7 heteroatoms. The fourth-order valence-corrected chi connectivity index (χ4v) is 2.28. The molecule has 0 atom stereocenters. The number of aromatic nitrogens is 1. The third-order valence-corrected chi connectivity index (χ3v) is 3.17. The van der Waals surface area contributed by atoms with Crippen molar-refractivity contribution in [1.82, 2.24) is 15.6 Å². The number of nitrogens with zero attached hydrogens (tertiary/aromatic N) is 1. The van der Waals surface area contributed by atoms with Crippen molar-refractivity contribution in [2.24, 2.45) is 0 Å². The zero-order valence-electron chi connectivity index (χ0n) is 9.34. The highest BCUT2D eigenvalue weighted by atomic mass is 32.1. The predicted molar refractivity (Wildman–Crippen MR) is 67.5 cm³/mol. The summed E-state index contributed by atoms with van der Waals surface area (Å²) in [5.41, 5.74) is 0.894. The molecule has 0 fully saturated rings. The summed E-state index contributed by atoms with van der Waals surface area (Å²) in [5, 5.41) is 13.9. The summed E-state index contributed by atoms with van der Waals surface area (Å²) < 4.78 is 1.06. The van der Waals surface area contributed by atoms with Gasteiger partial charge in [0, 0.05) is 0 Å². The number of hydrogen-bond acceptors (Lipinski definition) is 4. The van der Waals surface area contributed by atoms with Gasteiger partial charge in [0.15, 0.2) is 0 Å². The first-order valence-electron chi connectivity index (χ1n) is 5.23. The molecule has 0 spiro atoms. The van der Waals surface area contributed by atoms with E-state index in [0.717, 1.165) is 15.2 Å². The lowest BCUT2D eigenvalue weighted by atomic mass is 10.3. The van der Waals surface area contributed by atoms with Crippen molar-refractivity contribution in [2.45, 2.75) is 6.54 Å². The minimum atomic E-state index is -1.08. The summed E-state index contributed by atoms with van der Waals surface area (Å²) in [6, 6.07) is 7.17. The van der Waals surface area contributed by atoms with Gasteiger partial charge in [-0.15, -0.1) is 11.3 Å². The second-order valence-electron chi connectivity index (χ2n) is 3.51. The van der Waals surface area contributed by atoms with Gasteiger partial charge in [-0.3, -0.25) is 4.79 Å². The zero-order valence-corrected chi connectivity index (χ0v) is 10.2. The average molecular weight is 265 g/mol. The average Bonchev–Trinajstić information content (AvgIpc) is 2.76. The van der Waals surface area contributed by atoms with Crippen molar-refractivity contribution in [3.63, 3.8) is 0 Å². The lowest BCUT2D eigenvalue weighted by Gasteiger charge is -2.02. The lowest BCUT2D eigenvalue weighted by molar-refractivity contribution is -0.135. The number of carbonyl (C=O) groups excluding carboxylic acids is 1. The van der Waals surface area contributed by atoms with Crippen molar-refractivity contribution in [2.75, 3.05) is 6.54 Å². The van der Waals surface area contributed by atoms with Crippen LogP contribution in [0, 0.1) is 0 Å². The Morgan fingerprint density at radius 2 is 2.06 bits per heavy atom. The van der Waals surface area contributed by atoms with Crippen LogP contribution in [0.2, 0.25) is 0 Å². The number of benzene rings is 1. The highest BCUT2D eigenvalue weighted by molar-refractivity contribution is 7.18. The molecule has 0 aliphatic heterocycles. The van der Waals surface area contributed by atoms with Crippen LogP contribution >= 0.6 is 11.3 Å². The van der Waals surface area contributed by atoms with Crippen LogP contribution in [0.5, 0.6) is 0 Å². The number of hydrogen-bond donors (Lipinski definition) is 3. The smallest absolute Gasteiger partial charge is 0.323 e. The quantitative estimate of drug-likeness (QED) is 0.774. The van der Waals surface area contributed by atoms with Gasteiger partial charge in [-0.1, -0.05) is 12.1 Å². The van der Waals surface area contributed by atoms with Gasteiger partial charge in [-0.25, -0.2) is 9.78 Å². The van der Waals surface area contributed by atoms with Crippen LogP contribution < -0.4 is 10.6 Å². The Bertz CT molecular complexity index is 549. The van der Waals surface area contributed by atoms with Gasteiger partial charge < -0.3 is 15.7 Å². The molecule has 0 radical (unpaired) electrons. The Labute approximate surface area is 107 Å². The molecule has 6 nitrogen and oxygen atoms in total. The monoisotopic (exact) mass is 265 g/mol. The Hall–Kier alpha value is -2.15. The molecule has 1 heterocycles. The second-order valence-corrected chi connectivity index (χ2v) is 4.62. The van der Waals surface area contributed by atoms with Crippen LogP contribution in [0.15, 0.2) is 24.3 Å². The van der Waals surface area contributed by atoms with E-state index in [2.05, 4.69) is 15.6 Å². The minimum Gasteiger partial charge on any atom is -0.480 e. The molecule has 0 saturated carbocycles. The van der Waals surface area contributed by atoms with Crippen molar-refractivity contribution in [3.05, 3.63) is 29.3 Å². The number of fused-ring (bicyclic) bond motifs is 1. The van der Waals surface area contributed by atoms with Crippen LogP contribution in [-0.2, 0) is 11.3 Å². The maximum Gasteiger partial charge on any atom is 0.323 e. The molecule has 94 valence electrons. The third kappa shape index (κ3) is 3.17. The van der Waals surface area contributed by atoms with Gasteiger partial charge in [0.05, 0.1) is 16.8 Å². The Morgan fingerprint density at radius 3 is 2.78 bits per heavy atom. The Kier molecular flexibility index (Phi) is 3.73. The lowest BCUT2D eigenvalue weighted by Crippen LogP contribution is -2.37. The number of carboxylic acid groups (broad SMARTS) is 1. The van der Waals surface area contributed by atoms with Crippen LogP contribution in [0.25, 0.3) is 10.2 Å². The molecule has 0 saturated heterocycles. The van der Waals surface area contributed by atoms with E-state index in [1.807, 2.05) is 24.3 Å². The maximum absolute atomic E-state index is 11.2. The second kappa shape index (κ2) is 5.46. The van der Waals surface area contributed by atoms with Gasteiger partial charge in [0.1, 0.15) is 11.6 Å². The van der Waals surface area contributed by atoms with Crippen molar-refractivity contribution < 1.29 is 14.7 Å². The zero-order chi connectivity index (χ0) is 13.0. The summed E-state index contributed by atoms with van der Waals surface area (Å²) in [6.45, 7) is -0.115. The Morgan fingerprint density at radius 1 is 1.28 bits per heavy atom. The predicted octanol–water partition coefficient (Wildman–Crippen LogP) is 1.18. The maximum atomic E-state index is 11.2. The topological polar surface area (TPSA) is 91.3 Å². The fraction of sp³-hybridized carbons (Fsp3) is 0.182. The SMILES string of the molecule is O=C(O)CNC(=O)NCc1nc2ccccc2s1. The Balaban J connectivity index is 1.90. The van der Waals surface area contributed by atoms with Crippen LogP contribution in [0.3, 0.4) is 0 Å². The first kappa shape index (κ1) is 12.3. The molecule has 0 aliphatic rings. The number of urea groups is 1. The largest absolute Gasteiger partial charge is 0.480 e. The number of carbonyl (C=O) groups is 2. The number of amides is 2. The van der Waals surface area contributed by atoms with E-state index < -0.39 is 18.5 Å². The standard InChI is InChI=1S/C11H11N3O3S/c15-10(16)6-13-11(17)12-5-9-14-7-3-1-2-4-8(7)18-9/h1-4H,5-6H2,(H,15,16)(H2,12,13,17). The number of nitrogens with one attached hydrogen (secondary N) is 2. The molecular weight excluding hydrogens is 254 g/mol. The summed E-state index contributed by atoms with van der Waals surface area (Å²) in [7, 11) is 0. The van der Waals surface area contributed by atoms with Crippen molar-refractivity contribution >= 4 is 33.6 Å². The number of carboxylic acids is 1. The molecule has 0 unspecified atom stereocenters. The van der Waals surface area contributed by atoms with Crippen molar-refractivity contribution in [1.29, 1.82) is 0 Å². The fourth-order valence-electron chi connectivity index (χ4n) is 1.37. The van der Waals surface area contributed by atoms with Gasteiger partial charge >= 0.3 is 12.0 Å². The molecule has 1 aromatic heterocycles. The van der Waals surface area contributed by atoms with Gasteiger partial charge in [0.25, 0.3) is 0 Å². The number of rotatable bonds is 4. The number of aliphatic carboxylic acids is 1. The molecule has 2 aromatic rings. The number of para-hydroxylation sites is 1. The number of thiazole rings is 1. The molecule has 3 N–H and O–H groups in total.